The Labute approximate surface area is 151 Å². The van der Waals surface area contributed by atoms with Gasteiger partial charge in [-0.05, 0) is 24.3 Å². The summed E-state index contributed by atoms with van der Waals surface area (Å²) in [6.45, 7) is 10.8. The van der Waals surface area contributed by atoms with E-state index in [-0.39, 0.29) is 24.0 Å². The molecule has 0 fully saturated rings. The Kier molecular flexibility index (Phi) is 11.1. The highest BCUT2D eigenvalue weighted by Crippen LogP contribution is 2.19. The van der Waals surface area contributed by atoms with Crippen molar-refractivity contribution in [2.75, 3.05) is 13.2 Å². The van der Waals surface area contributed by atoms with E-state index >= 15 is 0 Å². The van der Waals surface area contributed by atoms with Gasteiger partial charge in [-0.3, -0.25) is 0 Å². The second-order valence-corrected chi connectivity index (χ2v) is 6.12. The van der Waals surface area contributed by atoms with Crippen LogP contribution in [0.3, 0.4) is 0 Å². The van der Waals surface area contributed by atoms with Crippen molar-refractivity contribution < 1.29 is 4.74 Å². The van der Waals surface area contributed by atoms with Crippen LogP contribution < -0.4 is 15.8 Å². The molecule has 22 heavy (non-hydrogen) atoms. The normalized spacial score (nSPS) is 11.5. The van der Waals surface area contributed by atoms with Gasteiger partial charge < -0.3 is 15.8 Å². The van der Waals surface area contributed by atoms with Gasteiger partial charge in [-0.15, -0.1) is 24.0 Å². The van der Waals surface area contributed by atoms with E-state index in [0.29, 0.717) is 30.9 Å². The number of aliphatic imine (C=N–C) groups is 1. The Bertz CT molecular complexity index is 447. The Morgan fingerprint density at radius 1 is 1.18 bits per heavy atom. The first-order chi connectivity index (χ1) is 9.99. The predicted molar refractivity (Wildman–Crippen MR) is 105 cm³/mol. The molecule has 5 heteroatoms. The summed E-state index contributed by atoms with van der Waals surface area (Å²) in [7, 11) is 0. The van der Waals surface area contributed by atoms with Crippen LogP contribution in [0.1, 0.15) is 39.7 Å². The van der Waals surface area contributed by atoms with E-state index in [2.05, 4.69) is 38.0 Å². The van der Waals surface area contributed by atoms with Crippen LogP contribution in [0, 0.1) is 11.8 Å². The van der Waals surface area contributed by atoms with E-state index in [1.807, 2.05) is 24.3 Å². The van der Waals surface area contributed by atoms with Crippen molar-refractivity contribution in [1.29, 1.82) is 0 Å². The zero-order chi connectivity index (χ0) is 15.7. The van der Waals surface area contributed by atoms with Crippen molar-refractivity contribution in [1.82, 2.24) is 5.32 Å². The molecular weight excluding hydrogens is 389 g/mol. The molecule has 4 nitrogen and oxygen atoms in total. The molecule has 0 aliphatic carbocycles. The van der Waals surface area contributed by atoms with Gasteiger partial charge in [-0.25, -0.2) is 4.99 Å². The van der Waals surface area contributed by atoms with Crippen molar-refractivity contribution in [2.24, 2.45) is 22.6 Å². The predicted octanol–water partition coefficient (Wildman–Crippen LogP) is 3.79. The van der Waals surface area contributed by atoms with Crippen LogP contribution in [0.4, 0.5) is 0 Å². The molecule has 0 aromatic heterocycles. The van der Waals surface area contributed by atoms with E-state index in [0.717, 1.165) is 24.3 Å². The number of nitrogens with zero attached hydrogens (tertiary/aromatic N) is 1. The standard InChI is InChI=1S/C17H29N3O.HI/c1-13(2)9-10-19-17(18)20-11-15-7-5-6-8-16(15)21-12-14(3)4;/h5-8,13-14H,9-12H2,1-4H3,(H3,18,19,20);1H. The third-order valence-electron chi connectivity index (χ3n) is 2.99. The molecule has 0 amide bonds. The number of guanidine groups is 1. The van der Waals surface area contributed by atoms with Crippen LogP contribution in [0.25, 0.3) is 0 Å². The average molecular weight is 419 g/mol. The van der Waals surface area contributed by atoms with Crippen molar-refractivity contribution in [3.8, 4) is 5.75 Å². The van der Waals surface area contributed by atoms with E-state index in [4.69, 9.17) is 10.5 Å². The first kappa shape index (κ1) is 21.0. The van der Waals surface area contributed by atoms with Crippen LogP contribution in [0.5, 0.6) is 5.75 Å². The van der Waals surface area contributed by atoms with Crippen molar-refractivity contribution in [2.45, 2.75) is 40.7 Å². The molecule has 0 saturated carbocycles. The minimum absolute atomic E-state index is 0. The topological polar surface area (TPSA) is 59.6 Å². The third-order valence-corrected chi connectivity index (χ3v) is 2.99. The molecule has 1 aromatic rings. The van der Waals surface area contributed by atoms with Crippen molar-refractivity contribution in [3.63, 3.8) is 0 Å². The maximum absolute atomic E-state index is 5.88. The van der Waals surface area contributed by atoms with Crippen LogP contribution >= 0.6 is 24.0 Å². The molecule has 0 aliphatic heterocycles. The number of hydrogen-bond acceptors (Lipinski definition) is 2. The lowest BCUT2D eigenvalue weighted by molar-refractivity contribution is 0.268. The van der Waals surface area contributed by atoms with Gasteiger partial charge in [0.1, 0.15) is 5.75 Å². The average Bonchev–Trinajstić information content (AvgIpc) is 2.43. The summed E-state index contributed by atoms with van der Waals surface area (Å²) >= 11 is 0. The highest BCUT2D eigenvalue weighted by atomic mass is 127. The number of hydrogen-bond donors (Lipinski definition) is 2. The lowest BCUT2D eigenvalue weighted by Crippen LogP contribution is -2.32. The first-order valence-corrected chi connectivity index (χ1v) is 7.73. The summed E-state index contributed by atoms with van der Waals surface area (Å²) < 4.78 is 5.81. The molecule has 0 unspecified atom stereocenters. The summed E-state index contributed by atoms with van der Waals surface area (Å²) in [6, 6.07) is 7.98. The maximum atomic E-state index is 5.88. The van der Waals surface area contributed by atoms with Crippen LogP contribution in [0.2, 0.25) is 0 Å². The van der Waals surface area contributed by atoms with Crippen LogP contribution in [-0.4, -0.2) is 19.1 Å². The lowest BCUT2D eigenvalue weighted by atomic mass is 10.1. The molecule has 0 aliphatic rings. The summed E-state index contributed by atoms with van der Waals surface area (Å²) in [5.41, 5.74) is 6.94. The minimum Gasteiger partial charge on any atom is -0.493 e. The van der Waals surface area contributed by atoms with E-state index in [1.54, 1.807) is 0 Å². The maximum Gasteiger partial charge on any atom is 0.188 e. The molecular formula is C17H30IN3O. The lowest BCUT2D eigenvalue weighted by Gasteiger charge is -2.12. The Morgan fingerprint density at radius 2 is 1.86 bits per heavy atom. The molecule has 0 bridgehead atoms. The second-order valence-electron chi connectivity index (χ2n) is 6.12. The van der Waals surface area contributed by atoms with E-state index in [9.17, 15) is 0 Å². The van der Waals surface area contributed by atoms with Gasteiger partial charge in [-0.2, -0.15) is 0 Å². The number of ether oxygens (including phenoxy) is 1. The molecule has 3 N–H and O–H groups in total. The second kappa shape index (κ2) is 11.6. The van der Waals surface area contributed by atoms with E-state index in [1.165, 1.54) is 0 Å². The summed E-state index contributed by atoms with van der Waals surface area (Å²) in [6.07, 6.45) is 1.09. The molecule has 1 rings (SSSR count). The number of nitrogens with two attached hydrogens (primary N) is 1. The van der Waals surface area contributed by atoms with Gasteiger partial charge in [0.05, 0.1) is 13.2 Å². The summed E-state index contributed by atoms with van der Waals surface area (Å²) in [5, 5.41) is 3.14. The molecule has 1 aromatic carbocycles. The Morgan fingerprint density at radius 3 is 2.50 bits per heavy atom. The SMILES string of the molecule is CC(C)CCNC(N)=NCc1ccccc1OCC(C)C.I. The van der Waals surface area contributed by atoms with Gasteiger partial charge in [0, 0.05) is 12.1 Å². The van der Waals surface area contributed by atoms with E-state index < -0.39 is 0 Å². The van der Waals surface area contributed by atoms with Gasteiger partial charge >= 0.3 is 0 Å². The van der Waals surface area contributed by atoms with Crippen molar-refractivity contribution >= 4 is 29.9 Å². The fourth-order valence-corrected chi connectivity index (χ4v) is 1.75. The number of para-hydroxylation sites is 1. The minimum atomic E-state index is 0. The molecule has 0 spiro atoms. The van der Waals surface area contributed by atoms with Gasteiger partial charge in [0.25, 0.3) is 0 Å². The molecule has 0 heterocycles. The quantitative estimate of drug-likeness (QED) is 0.383. The molecule has 126 valence electrons. The summed E-state index contributed by atoms with van der Waals surface area (Å²) in [4.78, 5) is 4.38. The number of halogens is 1. The number of rotatable bonds is 8. The smallest absolute Gasteiger partial charge is 0.188 e. The number of nitrogens with one attached hydrogen (secondary N) is 1. The Balaban J connectivity index is 0.00000441. The fourth-order valence-electron chi connectivity index (χ4n) is 1.75. The van der Waals surface area contributed by atoms with Gasteiger partial charge in [0.15, 0.2) is 5.96 Å². The van der Waals surface area contributed by atoms with Crippen LogP contribution in [-0.2, 0) is 6.54 Å². The largest absolute Gasteiger partial charge is 0.493 e. The van der Waals surface area contributed by atoms with Crippen molar-refractivity contribution in [3.05, 3.63) is 29.8 Å². The molecule has 0 radical (unpaired) electrons. The fraction of sp³-hybridized carbons (Fsp3) is 0.588. The first-order valence-electron chi connectivity index (χ1n) is 7.73. The molecule has 0 atom stereocenters. The zero-order valence-electron chi connectivity index (χ0n) is 14.1. The third kappa shape index (κ3) is 9.12. The highest BCUT2D eigenvalue weighted by molar-refractivity contribution is 14.0. The zero-order valence-corrected chi connectivity index (χ0v) is 16.5. The Hall–Kier alpha value is -0.980. The van der Waals surface area contributed by atoms with Gasteiger partial charge in [0.2, 0.25) is 0 Å². The van der Waals surface area contributed by atoms with Crippen LogP contribution in [0.15, 0.2) is 29.3 Å². The molecule has 0 saturated heterocycles. The number of benzene rings is 1. The monoisotopic (exact) mass is 419 g/mol. The highest BCUT2D eigenvalue weighted by Gasteiger charge is 2.04. The van der Waals surface area contributed by atoms with Gasteiger partial charge in [-0.1, -0.05) is 45.9 Å². The summed E-state index contributed by atoms with van der Waals surface area (Å²) in [5.74, 6) is 2.55.